The van der Waals surface area contributed by atoms with Crippen LogP contribution in [0, 0.1) is 0 Å². The largest absolute Gasteiger partial charge is 0.497 e. The number of hydrogen-bond acceptors (Lipinski definition) is 7. The van der Waals surface area contributed by atoms with Gasteiger partial charge in [0.1, 0.15) is 29.6 Å². The van der Waals surface area contributed by atoms with Gasteiger partial charge in [-0.1, -0.05) is 30.2 Å². The number of carbonyl (C=O) groups excluding carboxylic acids is 2. The number of para-hydroxylation sites is 1. The van der Waals surface area contributed by atoms with Crippen molar-refractivity contribution in [3.8, 4) is 11.5 Å². The summed E-state index contributed by atoms with van der Waals surface area (Å²) in [5, 5.41) is 11.6. The molecule has 1 aliphatic carbocycles. The summed E-state index contributed by atoms with van der Waals surface area (Å²) in [6, 6.07) is 12.0. The normalized spacial score (nSPS) is 18.4. The van der Waals surface area contributed by atoms with Crippen LogP contribution in [0.4, 0.5) is 0 Å². The fourth-order valence-electron chi connectivity index (χ4n) is 5.46. The first-order valence-corrected chi connectivity index (χ1v) is 13.3. The molecular weight excluding hydrogens is 486 g/mol. The standard InChI is InChI=1S/C28H35N5O5/c1-36-20-13-14-22(25(16-20)37-2)27(28(35)29-19-8-3-4-9-19)32(17-21-10-7-15-38-21)26(34)18-33-24-12-6-5-11-23(24)30-31-33/h5-6,11-14,16,19,21,27H,3-4,7-10,15,17-18H2,1-2H3,(H,29,35)/t21-,27+/m0/s1. The lowest BCUT2D eigenvalue weighted by molar-refractivity contribution is -0.143. The molecule has 1 N–H and O–H groups in total. The average molecular weight is 522 g/mol. The Bertz CT molecular complexity index is 1270. The number of nitrogens with zero attached hydrogens (tertiary/aromatic N) is 4. The van der Waals surface area contributed by atoms with Gasteiger partial charge in [0.15, 0.2) is 0 Å². The molecule has 1 saturated heterocycles. The van der Waals surface area contributed by atoms with Crippen molar-refractivity contribution < 1.29 is 23.8 Å². The van der Waals surface area contributed by atoms with E-state index in [1.54, 1.807) is 42.0 Å². The molecule has 1 aliphatic heterocycles. The predicted octanol–water partition coefficient (Wildman–Crippen LogP) is 3.26. The van der Waals surface area contributed by atoms with Gasteiger partial charge in [-0.15, -0.1) is 5.10 Å². The number of hydrogen-bond donors (Lipinski definition) is 1. The van der Waals surface area contributed by atoms with Crippen LogP contribution in [0.2, 0.25) is 0 Å². The number of benzene rings is 2. The highest BCUT2D eigenvalue weighted by Gasteiger charge is 2.37. The zero-order chi connectivity index (χ0) is 26.5. The molecule has 202 valence electrons. The van der Waals surface area contributed by atoms with Crippen LogP contribution in [-0.4, -0.2) is 71.2 Å². The second-order valence-corrected chi connectivity index (χ2v) is 9.92. The van der Waals surface area contributed by atoms with E-state index < -0.39 is 6.04 Å². The highest BCUT2D eigenvalue weighted by atomic mass is 16.5. The van der Waals surface area contributed by atoms with Crippen LogP contribution in [0.1, 0.15) is 50.1 Å². The third kappa shape index (κ3) is 5.60. The number of fused-ring (bicyclic) bond motifs is 1. The molecule has 2 fully saturated rings. The first kappa shape index (κ1) is 26.0. The van der Waals surface area contributed by atoms with E-state index in [-0.39, 0.29) is 37.0 Å². The minimum atomic E-state index is -0.914. The lowest BCUT2D eigenvalue weighted by atomic mass is 10.0. The molecule has 5 rings (SSSR count). The highest BCUT2D eigenvalue weighted by Crippen LogP contribution is 2.35. The summed E-state index contributed by atoms with van der Waals surface area (Å²) in [5.41, 5.74) is 2.06. The van der Waals surface area contributed by atoms with E-state index in [1.807, 2.05) is 24.3 Å². The molecule has 3 aromatic rings. The van der Waals surface area contributed by atoms with Crippen LogP contribution >= 0.6 is 0 Å². The van der Waals surface area contributed by atoms with Gasteiger partial charge in [-0.05, 0) is 49.9 Å². The van der Waals surface area contributed by atoms with Crippen molar-refractivity contribution in [2.75, 3.05) is 27.4 Å². The van der Waals surface area contributed by atoms with Crippen LogP contribution < -0.4 is 14.8 Å². The molecule has 38 heavy (non-hydrogen) atoms. The number of ether oxygens (including phenoxy) is 3. The van der Waals surface area contributed by atoms with Crippen LogP contribution in [0.5, 0.6) is 11.5 Å². The van der Waals surface area contributed by atoms with E-state index in [2.05, 4.69) is 15.6 Å². The Morgan fingerprint density at radius 1 is 1.11 bits per heavy atom. The third-order valence-corrected chi connectivity index (χ3v) is 7.45. The summed E-state index contributed by atoms with van der Waals surface area (Å²) in [5.74, 6) is 0.606. The van der Waals surface area contributed by atoms with Crippen molar-refractivity contribution in [3.05, 3.63) is 48.0 Å². The van der Waals surface area contributed by atoms with Gasteiger partial charge >= 0.3 is 0 Å². The summed E-state index contributed by atoms with van der Waals surface area (Å²) in [7, 11) is 3.13. The first-order chi connectivity index (χ1) is 18.6. The molecule has 1 saturated carbocycles. The van der Waals surface area contributed by atoms with Crippen molar-refractivity contribution in [1.29, 1.82) is 0 Å². The lowest BCUT2D eigenvalue weighted by Gasteiger charge is -2.34. The second-order valence-electron chi connectivity index (χ2n) is 9.92. The topological polar surface area (TPSA) is 108 Å². The number of nitrogens with one attached hydrogen (secondary N) is 1. The van der Waals surface area contributed by atoms with E-state index in [1.165, 1.54) is 0 Å². The molecule has 1 aromatic heterocycles. The van der Waals surface area contributed by atoms with Crippen LogP contribution in [0.25, 0.3) is 11.0 Å². The molecule has 0 spiro atoms. The second kappa shape index (κ2) is 11.8. The van der Waals surface area contributed by atoms with Crippen molar-refractivity contribution >= 4 is 22.8 Å². The fraction of sp³-hybridized carbons (Fsp3) is 0.500. The van der Waals surface area contributed by atoms with Gasteiger partial charge in [-0.2, -0.15) is 0 Å². The summed E-state index contributed by atoms with van der Waals surface area (Å²) in [6.07, 6.45) is 5.63. The van der Waals surface area contributed by atoms with E-state index in [0.717, 1.165) is 44.0 Å². The summed E-state index contributed by atoms with van der Waals surface area (Å²) < 4.78 is 18.6. The van der Waals surface area contributed by atoms with Gasteiger partial charge < -0.3 is 24.4 Å². The molecule has 2 aliphatic rings. The third-order valence-electron chi connectivity index (χ3n) is 7.45. The van der Waals surface area contributed by atoms with Gasteiger partial charge in [-0.25, -0.2) is 4.68 Å². The Kier molecular flexibility index (Phi) is 8.07. The molecule has 2 aromatic carbocycles. The zero-order valence-electron chi connectivity index (χ0n) is 22.0. The Balaban J connectivity index is 1.53. The monoisotopic (exact) mass is 521 g/mol. The molecule has 10 nitrogen and oxygen atoms in total. The van der Waals surface area contributed by atoms with Crippen molar-refractivity contribution in [1.82, 2.24) is 25.2 Å². The quantitative estimate of drug-likeness (QED) is 0.436. The molecule has 2 amide bonds. The minimum absolute atomic E-state index is 0.0566. The Morgan fingerprint density at radius 2 is 1.92 bits per heavy atom. The molecule has 2 heterocycles. The average Bonchev–Trinajstić information content (AvgIpc) is 3.72. The molecular formula is C28H35N5O5. The fourth-order valence-corrected chi connectivity index (χ4v) is 5.46. The summed E-state index contributed by atoms with van der Waals surface area (Å²) in [4.78, 5) is 29.7. The number of methoxy groups -OCH3 is 2. The molecule has 10 heteroatoms. The van der Waals surface area contributed by atoms with Gasteiger partial charge in [0.25, 0.3) is 0 Å². The molecule has 0 radical (unpaired) electrons. The number of aromatic nitrogens is 3. The molecule has 0 unspecified atom stereocenters. The minimum Gasteiger partial charge on any atom is -0.497 e. The smallest absolute Gasteiger partial charge is 0.247 e. The van der Waals surface area contributed by atoms with Crippen LogP contribution in [-0.2, 0) is 20.9 Å². The molecule has 0 bridgehead atoms. The van der Waals surface area contributed by atoms with Crippen molar-refractivity contribution in [2.45, 2.75) is 63.3 Å². The lowest BCUT2D eigenvalue weighted by Crippen LogP contribution is -2.49. The van der Waals surface area contributed by atoms with Gasteiger partial charge in [0, 0.05) is 30.8 Å². The van der Waals surface area contributed by atoms with Gasteiger partial charge in [0.2, 0.25) is 11.8 Å². The van der Waals surface area contributed by atoms with E-state index in [0.29, 0.717) is 29.2 Å². The van der Waals surface area contributed by atoms with Gasteiger partial charge in [0.05, 0.1) is 25.8 Å². The highest BCUT2D eigenvalue weighted by molar-refractivity contribution is 5.90. The maximum absolute atomic E-state index is 14.1. The van der Waals surface area contributed by atoms with E-state index >= 15 is 0 Å². The zero-order valence-corrected chi connectivity index (χ0v) is 22.0. The van der Waals surface area contributed by atoms with Crippen molar-refractivity contribution in [2.24, 2.45) is 0 Å². The number of rotatable bonds is 10. The van der Waals surface area contributed by atoms with Crippen LogP contribution in [0.3, 0.4) is 0 Å². The summed E-state index contributed by atoms with van der Waals surface area (Å²) >= 11 is 0. The maximum atomic E-state index is 14.1. The summed E-state index contributed by atoms with van der Waals surface area (Å²) in [6.45, 7) is 0.869. The molecule has 2 atom stereocenters. The van der Waals surface area contributed by atoms with Crippen molar-refractivity contribution in [3.63, 3.8) is 0 Å². The van der Waals surface area contributed by atoms with Gasteiger partial charge in [-0.3, -0.25) is 9.59 Å². The SMILES string of the molecule is COc1ccc([C@H](C(=O)NC2CCCC2)N(C[C@@H]2CCCO2)C(=O)Cn2nnc3ccccc32)c(OC)c1. The maximum Gasteiger partial charge on any atom is 0.247 e. The Morgan fingerprint density at radius 3 is 2.66 bits per heavy atom. The first-order valence-electron chi connectivity index (χ1n) is 13.3. The van der Waals surface area contributed by atoms with E-state index in [4.69, 9.17) is 14.2 Å². The Hall–Kier alpha value is -3.66. The number of carbonyl (C=O) groups is 2. The number of amides is 2. The van der Waals surface area contributed by atoms with Crippen LogP contribution in [0.15, 0.2) is 42.5 Å². The van der Waals surface area contributed by atoms with E-state index in [9.17, 15) is 9.59 Å². The predicted molar refractivity (Wildman–Crippen MR) is 141 cm³/mol. The Labute approximate surface area is 222 Å².